The van der Waals surface area contributed by atoms with Crippen LogP contribution in [-0.4, -0.2) is 24.8 Å². The molecule has 128 valence electrons. The summed E-state index contributed by atoms with van der Waals surface area (Å²) < 4.78 is 5.57. The lowest BCUT2D eigenvalue weighted by molar-refractivity contribution is -0.122. The van der Waals surface area contributed by atoms with Crippen molar-refractivity contribution in [3.05, 3.63) is 71.8 Å². The Morgan fingerprint density at radius 3 is 2.56 bits per heavy atom. The van der Waals surface area contributed by atoms with Gasteiger partial charge in [0.15, 0.2) is 6.61 Å². The van der Waals surface area contributed by atoms with Crippen molar-refractivity contribution < 1.29 is 9.53 Å². The molecule has 1 amide bonds. The molecule has 0 heterocycles. The normalized spacial score (nSPS) is 10.6. The van der Waals surface area contributed by atoms with Crippen LogP contribution in [0.15, 0.2) is 71.6 Å². The first-order chi connectivity index (χ1) is 12.2. The van der Waals surface area contributed by atoms with Gasteiger partial charge in [-0.05, 0) is 47.2 Å². The van der Waals surface area contributed by atoms with Gasteiger partial charge in [-0.1, -0.05) is 41.9 Å². The van der Waals surface area contributed by atoms with Gasteiger partial charge in [0.1, 0.15) is 5.75 Å². The summed E-state index contributed by atoms with van der Waals surface area (Å²) in [6, 6.07) is 21.5. The summed E-state index contributed by atoms with van der Waals surface area (Å²) in [6.45, 7) is 0.608. The van der Waals surface area contributed by atoms with Gasteiger partial charge in [0.2, 0.25) is 0 Å². The Hall–Kier alpha value is -2.17. The van der Waals surface area contributed by atoms with Crippen molar-refractivity contribution in [3.63, 3.8) is 0 Å². The molecule has 0 fully saturated rings. The van der Waals surface area contributed by atoms with Gasteiger partial charge >= 0.3 is 0 Å². The number of fused-ring (bicyclic) bond motifs is 1. The Morgan fingerprint density at radius 1 is 1.00 bits per heavy atom. The van der Waals surface area contributed by atoms with E-state index in [1.165, 1.54) is 0 Å². The van der Waals surface area contributed by atoms with E-state index < -0.39 is 0 Å². The topological polar surface area (TPSA) is 38.3 Å². The monoisotopic (exact) mass is 371 g/mol. The van der Waals surface area contributed by atoms with E-state index in [0.717, 1.165) is 26.4 Å². The number of rotatable bonds is 7. The molecule has 0 aliphatic carbocycles. The molecule has 0 aliphatic rings. The first-order valence-electron chi connectivity index (χ1n) is 7.97. The van der Waals surface area contributed by atoms with Crippen molar-refractivity contribution in [3.8, 4) is 5.75 Å². The molecule has 3 aromatic carbocycles. The molecule has 0 saturated heterocycles. The summed E-state index contributed by atoms with van der Waals surface area (Å²) in [4.78, 5) is 13.0. The van der Waals surface area contributed by atoms with Crippen molar-refractivity contribution in [1.29, 1.82) is 0 Å². The van der Waals surface area contributed by atoms with Gasteiger partial charge in [-0.25, -0.2) is 0 Å². The Kier molecular flexibility index (Phi) is 6.20. The van der Waals surface area contributed by atoms with Gasteiger partial charge in [-0.15, -0.1) is 11.8 Å². The van der Waals surface area contributed by atoms with Gasteiger partial charge in [-0.3, -0.25) is 4.79 Å². The van der Waals surface area contributed by atoms with Crippen LogP contribution >= 0.6 is 23.4 Å². The molecular weight excluding hydrogens is 354 g/mol. The first-order valence-corrected chi connectivity index (χ1v) is 9.34. The number of carbonyl (C=O) groups is 1. The predicted molar refractivity (Wildman–Crippen MR) is 105 cm³/mol. The van der Waals surface area contributed by atoms with Crippen molar-refractivity contribution in [2.24, 2.45) is 0 Å². The molecule has 0 aromatic heterocycles. The van der Waals surface area contributed by atoms with Crippen LogP contribution in [0.5, 0.6) is 5.75 Å². The maximum absolute atomic E-state index is 11.9. The third-order valence-corrected chi connectivity index (χ3v) is 4.86. The van der Waals surface area contributed by atoms with Gasteiger partial charge in [0, 0.05) is 22.2 Å². The average molecular weight is 372 g/mol. The molecule has 3 rings (SSSR count). The van der Waals surface area contributed by atoms with Gasteiger partial charge in [-0.2, -0.15) is 0 Å². The summed E-state index contributed by atoms with van der Waals surface area (Å²) in [6.07, 6.45) is 0. The summed E-state index contributed by atoms with van der Waals surface area (Å²) >= 11 is 7.52. The molecule has 0 bridgehead atoms. The van der Waals surface area contributed by atoms with Crippen LogP contribution in [0.4, 0.5) is 0 Å². The number of benzene rings is 3. The quantitative estimate of drug-likeness (QED) is 0.479. The van der Waals surface area contributed by atoms with E-state index in [1.807, 2.05) is 66.7 Å². The Labute approximate surface area is 156 Å². The lowest BCUT2D eigenvalue weighted by atomic mass is 10.1. The number of halogens is 1. The number of hydrogen-bond acceptors (Lipinski definition) is 3. The van der Waals surface area contributed by atoms with Crippen molar-refractivity contribution in [2.45, 2.75) is 4.90 Å². The van der Waals surface area contributed by atoms with Crippen LogP contribution in [0.2, 0.25) is 5.02 Å². The number of nitrogens with one attached hydrogen (secondary N) is 1. The Balaban J connectivity index is 1.39. The third-order valence-electron chi connectivity index (χ3n) is 3.60. The smallest absolute Gasteiger partial charge is 0.257 e. The highest BCUT2D eigenvalue weighted by Gasteiger charge is 2.03. The fraction of sp³-hybridized carbons (Fsp3) is 0.150. The SMILES string of the molecule is O=C(COc1ccc2ccccc2c1)NCCSc1ccc(Cl)cc1. The summed E-state index contributed by atoms with van der Waals surface area (Å²) in [5.41, 5.74) is 0. The molecule has 3 aromatic rings. The fourth-order valence-corrected chi connectivity index (χ4v) is 3.24. The van der Waals surface area contributed by atoms with Crippen molar-refractivity contribution in [1.82, 2.24) is 5.32 Å². The van der Waals surface area contributed by atoms with E-state index in [-0.39, 0.29) is 12.5 Å². The summed E-state index contributed by atoms with van der Waals surface area (Å²) in [5.74, 6) is 1.37. The molecule has 25 heavy (non-hydrogen) atoms. The zero-order chi connectivity index (χ0) is 17.5. The molecule has 0 saturated carbocycles. The zero-order valence-corrected chi connectivity index (χ0v) is 15.1. The highest BCUT2D eigenvalue weighted by molar-refractivity contribution is 7.99. The molecule has 0 unspecified atom stereocenters. The molecule has 5 heteroatoms. The largest absolute Gasteiger partial charge is 0.484 e. The Bertz CT molecular complexity index is 852. The average Bonchev–Trinajstić information content (AvgIpc) is 2.65. The molecule has 0 radical (unpaired) electrons. The van der Waals surface area contributed by atoms with Crippen molar-refractivity contribution in [2.75, 3.05) is 18.9 Å². The van der Waals surface area contributed by atoms with E-state index in [0.29, 0.717) is 12.3 Å². The van der Waals surface area contributed by atoms with Gasteiger partial charge < -0.3 is 10.1 Å². The number of hydrogen-bond donors (Lipinski definition) is 1. The fourth-order valence-electron chi connectivity index (χ4n) is 2.35. The maximum atomic E-state index is 11.9. The summed E-state index contributed by atoms with van der Waals surface area (Å²) in [5, 5.41) is 5.83. The summed E-state index contributed by atoms with van der Waals surface area (Å²) in [7, 11) is 0. The third kappa shape index (κ3) is 5.41. The molecular formula is C20H18ClNO2S. The predicted octanol–water partition coefficient (Wildman–Crippen LogP) is 4.78. The molecule has 3 nitrogen and oxygen atoms in total. The number of thioether (sulfide) groups is 1. The van der Waals surface area contributed by atoms with Crippen LogP contribution in [0.25, 0.3) is 10.8 Å². The maximum Gasteiger partial charge on any atom is 0.257 e. The second-order valence-corrected chi connectivity index (χ2v) is 7.05. The lowest BCUT2D eigenvalue weighted by Crippen LogP contribution is -2.30. The van der Waals surface area contributed by atoms with E-state index in [4.69, 9.17) is 16.3 Å². The number of carbonyl (C=O) groups excluding carboxylic acids is 1. The molecule has 1 N–H and O–H groups in total. The van der Waals surface area contributed by atoms with Crippen molar-refractivity contribution >= 4 is 40.0 Å². The zero-order valence-electron chi connectivity index (χ0n) is 13.6. The van der Waals surface area contributed by atoms with Crippen LogP contribution in [0, 0.1) is 0 Å². The van der Waals surface area contributed by atoms with E-state index in [2.05, 4.69) is 5.32 Å². The highest BCUT2D eigenvalue weighted by atomic mass is 35.5. The molecule has 0 atom stereocenters. The van der Waals surface area contributed by atoms with E-state index in [1.54, 1.807) is 11.8 Å². The van der Waals surface area contributed by atoms with Gasteiger partial charge in [0.25, 0.3) is 5.91 Å². The number of amides is 1. The minimum Gasteiger partial charge on any atom is -0.484 e. The minimum absolute atomic E-state index is 0.0178. The van der Waals surface area contributed by atoms with E-state index >= 15 is 0 Å². The number of ether oxygens (including phenoxy) is 1. The molecule has 0 spiro atoms. The second-order valence-electron chi connectivity index (χ2n) is 5.45. The minimum atomic E-state index is -0.120. The second kappa shape index (κ2) is 8.79. The van der Waals surface area contributed by atoms with Crippen LogP contribution in [0.1, 0.15) is 0 Å². The van der Waals surface area contributed by atoms with Crippen LogP contribution in [0.3, 0.4) is 0 Å². The highest BCUT2D eigenvalue weighted by Crippen LogP contribution is 2.21. The molecule has 0 aliphatic heterocycles. The van der Waals surface area contributed by atoms with Crippen LogP contribution in [-0.2, 0) is 4.79 Å². The van der Waals surface area contributed by atoms with E-state index in [9.17, 15) is 4.79 Å². The Morgan fingerprint density at radius 2 is 1.76 bits per heavy atom. The lowest BCUT2D eigenvalue weighted by Gasteiger charge is -2.08. The first kappa shape index (κ1) is 17.6. The standard InChI is InChI=1S/C20H18ClNO2S/c21-17-6-9-19(10-7-17)25-12-11-22-20(23)14-24-18-8-5-15-3-1-2-4-16(15)13-18/h1-10,13H,11-12,14H2,(H,22,23). The van der Waals surface area contributed by atoms with Gasteiger partial charge in [0.05, 0.1) is 0 Å². The van der Waals surface area contributed by atoms with Crippen LogP contribution < -0.4 is 10.1 Å².